The van der Waals surface area contributed by atoms with Crippen LogP contribution >= 0.6 is 0 Å². The zero-order valence-corrected chi connectivity index (χ0v) is 21.1. The molecule has 1 atom stereocenters. The van der Waals surface area contributed by atoms with Crippen LogP contribution in [0.2, 0.25) is 0 Å². The molecule has 2 aliphatic rings. The van der Waals surface area contributed by atoms with Gasteiger partial charge in [-0.2, -0.15) is 4.98 Å². The third-order valence-electron chi connectivity index (χ3n) is 7.23. The molecule has 0 saturated carbocycles. The number of nitrogens with one attached hydrogen (secondary N) is 1. The van der Waals surface area contributed by atoms with Crippen LogP contribution in [0.1, 0.15) is 50.6 Å². The number of aromatic nitrogens is 3. The average molecular weight is 474 g/mol. The van der Waals surface area contributed by atoms with Gasteiger partial charge in [0.25, 0.3) is 0 Å². The van der Waals surface area contributed by atoms with Crippen molar-refractivity contribution in [2.75, 3.05) is 36.4 Å². The van der Waals surface area contributed by atoms with E-state index >= 15 is 0 Å². The summed E-state index contributed by atoms with van der Waals surface area (Å²) in [6, 6.07) is 10.7. The molecule has 0 bridgehead atoms. The third kappa shape index (κ3) is 4.73. The number of hydrogen-bond donors (Lipinski definition) is 1. The zero-order valence-electron chi connectivity index (χ0n) is 21.1. The minimum absolute atomic E-state index is 0.231. The number of anilines is 2. The van der Waals surface area contributed by atoms with Crippen LogP contribution in [0.3, 0.4) is 0 Å². The van der Waals surface area contributed by atoms with E-state index in [4.69, 9.17) is 9.97 Å². The Morgan fingerprint density at radius 1 is 1.06 bits per heavy atom. The van der Waals surface area contributed by atoms with Gasteiger partial charge in [0.15, 0.2) is 0 Å². The van der Waals surface area contributed by atoms with Crippen LogP contribution in [0.15, 0.2) is 36.5 Å². The first-order valence-corrected chi connectivity index (χ1v) is 12.6. The summed E-state index contributed by atoms with van der Waals surface area (Å²) in [6.07, 6.45) is 2.94. The van der Waals surface area contributed by atoms with E-state index in [0.717, 1.165) is 66.0 Å². The number of benzene rings is 1. The van der Waals surface area contributed by atoms with Crippen LogP contribution in [0.4, 0.5) is 11.8 Å². The number of nitrogens with zero attached hydrogens (tertiary/aromatic N) is 6. The second-order valence-corrected chi connectivity index (χ2v) is 10.1. The second kappa shape index (κ2) is 9.87. The van der Waals surface area contributed by atoms with Gasteiger partial charge in [-0.3, -0.25) is 14.8 Å². The minimum Gasteiger partial charge on any atom is -0.365 e. The van der Waals surface area contributed by atoms with Gasteiger partial charge in [0, 0.05) is 68.5 Å². The fraction of sp³-hybridized carbons (Fsp3) is 0.481. The number of carbonyl (C=O) groups is 1. The highest BCUT2D eigenvalue weighted by atomic mass is 16.1. The van der Waals surface area contributed by atoms with Gasteiger partial charge >= 0.3 is 0 Å². The molecule has 0 aliphatic carbocycles. The average Bonchev–Trinajstić information content (AvgIpc) is 3.26. The summed E-state index contributed by atoms with van der Waals surface area (Å²) in [5.41, 5.74) is 3.94. The third-order valence-corrected chi connectivity index (χ3v) is 7.23. The molecule has 4 heterocycles. The Labute approximate surface area is 207 Å². The Bertz CT molecular complexity index is 1200. The number of hydrogen-bond acceptors (Lipinski definition) is 8. The van der Waals surface area contributed by atoms with Crippen molar-refractivity contribution in [1.29, 1.82) is 0 Å². The second-order valence-electron chi connectivity index (χ2n) is 10.1. The van der Waals surface area contributed by atoms with E-state index in [1.54, 1.807) is 0 Å². The van der Waals surface area contributed by atoms with E-state index in [0.29, 0.717) is 25.1 Å². The number of aldehydes is 1. The summed E-state index contributed by atoms with van der Waals surface area (Å²) in [5, 5.41) is 4.69. The summed E-state index contributed by atoms with van der Waals surface area (Å²) >= 11 is 0. The van der Waals surface area contributed by atoms with Crippen LogP contribution in [-0.4, -0.2) is 69.3 Å². The number of piperazine rings is 1. The molecule has 2 aliphatic heterocycles. The molecular formula is C27H35N7O. The molecule has 5 rings (SSSR count). The van der Waals surface area contributed by atoms with Crippen LogP contribution in [-0.2, 0) is 17.9 Å². The van der Waals surface area contributed by atoms with E-state index in [1.165, 1.54) is 0 Å². The summed E-state index contributed by atoms with van der Waals surface area (Å²) in [5.74, 6) is 1.53. The lowest BCUT2D eigenvalue weighted by molar-refractivity contribution is -0.113. The number of rotatable bonds is 7. The van der Waals surface area contributed by atoms with Crippen molar-refractivity contribution in [1.82, 2.24) is 24.8 Å². The van der Waals surface area contributed by atoms with E-state index in [2.05, 4.69) is 64.8 Å². The first kappa shape index (κ1) is 23.6. The van der Waals surface area contributed by atoms with Crippen molar-refractivity contribution in [2.24, 2.45) is 0 Å². The predicted molar refractivity (Wildman–Crippen MR) is 140 cm³/mol. The molecule has 35 heavy (non-hydrogen) atoms. The lowest BCUT2D eigenvalue weighted by Gasteiger charge is -2.37. The molecule has 0 spiro atoms. The molecule has 0 amide bonds. The van der Waals surface area contributed by atoms with Gasteiger partial charge < -0.3 is 15.0 Å². The maximum absolute atomic E-state index is 12.2. The molecule has 8 heteroatoms. The van der Waals surface area contributed by atoms with Gasteiger partial charge in [0.2, 0.25) is 5.95 Å². The van der Waals surface area contributed by atoms with Gasteiger partial charge in [0.1, 0.15) is 18.1 Å². The summed E-state index contributed by atoms with van der Waals surface area (Å²) in [6.45, 7) is 13.7. The smallest absolute Gasteiger partial charge is 0.227 e. The fourth-order valence-electron chi connectivity index (χ4n) is 5.10. The first-order valence-electron chi connectivity index (χ1n) is 12.6. The molecule has 8 nitrogen and oxygen atoms in total. The minimum atomic E-state index is -0.341. The number of pyridine rings is 1. The van der Waals surface area contributed by atoms with Gasteiger partial charge in [-0.1, -0.05) is 18.2 Å². The SMILES string of the molecule is CC(C)N1CCN(c2nc(NCc3cnc4ccccc4c3)c3c(n2)C(C=O)N(C(C)C)C3)CC1. The van der Waals surface area contributed by atoms with E-state index in [-0.39, 0.29) is 12.1 Å². The maximum atomic E-state index is 12.2. The molecule has 2 aromatic heterocycles. The Morgan fingerprint density at radius 3 is 2.54 bits per heavy atom. The Hall–Kier alpha value is -3.10. The van der Waals surface area contributed by atoms with Gasteiger partial charge in [0.05, 0.1) is 11.2 Å². The van der Waals surface area contributed by atoms with Crippen molar-refractivity contribution in [3.05, 3.63) is 53.3 Å². The van der Waals surface area contributed by atoms with Crippen molar-refractivity contribution < 1.29 is 4.79 Å². The fourth-order valence-corrected chi connectivity index (χ4v) is 5.10. The molecule has 184 valence electrons. The number of carbonyl (C=O) groups excluding carboxylic acids is 1. The molecule has 1 N–H and O–H groups in total. The summed E-state index contributed by atoms with van der Waals surface area (Å²) < 4.78 is 0. The van der Waals surface area contributed by atoms with Gasteiger partial charge in [-0.05, 0) is 45.4 Å². The molecule has 1 aromatic carbocycles. The van der Waals surface area contributed by atoms with Crippen LogP contribution in [0.25, 0.3) is 10.9 Å². The molecule has 1 saturated heterocycles. The number of fused-ring (bicyclic) bond motifs is 2. The lowest BCUT2D eigenvalue weighted by Crippen LogP contribution is -2.49. The first-order chi connectivity index (χ1) is 16.9. The van der Waals surface area contributed by atoms with E-state index in [9.17, 15) is 4.79 Å². The maximum Gasteiger partial charge on any atom is 0.227 e. The standard InChI is InChI=1S/C27H35N7O/c1-18(2)32-9-11-33(12-10-32)27-30-25-22(16-34(19(3)4)24(25)17-35)26(31-27)29-15-20-13-21-7-5-6-8-23(21)28-14-20/h5-8,13-14,17-19,24H,9-12,15-16H2,1-4H3,(H,29,30,31). The van der Waals surface area contributed by atoms with Crippen LogP contribution < -0.4 is 10.2 Å². The zero-order chi connectivity index (χ0) is 24.5. The quantitative estimate of drug-likeness (QED) is 0.522. The van der Waals surface area contributed by atoms with E-state index < -0.39 is 0 Å². The molecule has 0 radical (unpaired) electrons. The topological polar surface area (TPSA) is 77.5 Å². The Balaban J connectivity index is 1.45. The summed E-state index contributed by atoms with van der Waals surface area (Å²) in [4.78, 5) is 33.6. The highest BCUT2D eigenvalue weighted by Crippen LogP contribution is 2.37. The van der Waals surface area contributed by atoms with E-state index in [1.807, 2.05) is 24.4 Å². The van der Waals surface area contributed by atoms with Gasteiger partial charge in [-0.25, -0.2) is 4.98 Å². The Morgan fingerprint density at radius 2 is 1.83 bits per heavy atom. The largest absolute Gasteiger partial charge is 0.365 e. The highest BCUT2D eigenvalue weighted by molar-refractivity contribution is 5.78. The highest BCUT2D eigenvalue weighted by Gasteiger charge is 2.36. The molecule has 3 aromatic rings. The van der Waals surface area contributed by atoms with Crippen molar-refractivity contribution in [3.8, 4) is 0 Å². The molecule has 1 fully saturated rings. The van der Waals surface area contributed by atoms with Crippen molar-refractivity contribution >= 4 is 29.0 Å². The van der Waals surface area contributed by atoms with Crippen molar-refractivity contribution in [2.45, 2.75) is 58.9 Å². The monoisotopic (exact) mass is 473 g/mol. The van der Waals surface area contributed by atoms with Crippen LogP contribution in [0, 0.1) is 0 Å². The Kier molecular flexibility index (Phi) is 6.67. The normalized spacial score (nSPS) is 19.0. The summed E-state index contributed by atoms with van der Waals surface area (Å²) in [7, 11) is 0. The predicted octanol–water partition coefficient (Wildman–Crippen LogP) is 3.63. The van der Waals surface area contributed by atoms with Crippen molar-refractivity contribution in [3.63, 3.8) is 0 Å². The number of para-hydroxylation sites is 1. The molecule has 1 unspecified atom stereocenters. The lowest BCUT2D eigenvalue weighted by atomic mass is 10.1. The van der Waals surface area contributed by atoms with Gasteiger partial charge in [-0.15, -0.1) is 0 Å². The molecular weight excluding hydrogens is 438 g/mol. The van der Waals surface area contributed by atoms with Crippen LogP contribution in [0.5, 0.6) is 0 Å².